The molecule has 2 N–H and O–H groups in total. The van der Waals surface area contributed by atoms with Crippen molar-refractivity contribution in [1.29, 1.82) is 0 Å². The monoisotopic (exact) mass is 530 g/mol. The van der Waals surface area contributed by atoms with E-state index in [2.05, 4.69) is 40.4 Å². The minimum atomic E-state index is -0.635. The quantitative estimate of drug-likeness (QED) is 0.411. The highest BCUT2D eigenvalue weighted by atomic mass is 16.5. The van der Waals surface area contributed by atoms with E-state index in [1.165, 1.54) is 7.11 Å². The largest absolute Gasteiger partial charge is 0.496 e. The molecule has 2 atom stereocenters. The summed E-state index contributed by atoms with van der Waals surface area (Å²) in [6, 6.07) is 7.48. The summed E-state index contributed by atoms with van der Waals surface area (Å²) in [5, 5.41) is 3.65. The Morgan fingerprint density at radius 2 is 2.03 bits per heavy atom. The number of anilines is 1. The lowest BCUT2D eigenvalue weighted by Crippen LogP contribution is -2.38. The maximum absolute atomic E-state index is 13.8. The summed E-state index contributed by atoms with van der Waals surface area (Å²) >= 11 is 0. The Labute approximate surface area is 227 Å². The summed E-state index contributed by atoms with van der Waals surface area (Å²) in [6.07, 6.45) is 10.2. The maximum Gasteiger partial charge on any atom is 0.411 e. The number of likely N-dealkylation sites (tertiary alicyclic amines) is 1. The predicted octanol–water partition coefficient (Wildman–Crippen LogP) is 5.61. The molecule has 0 saturated carbocycles. The number of nitrogens with zero attached hydrogens (tertiary/aromatic N) is 2. The number of methoxy groups -OCH3 is 3. The Hall–Kier alpha value is -4.11. The number of ether oxygens (including phenoxy) is 3. The fourth-order valence-electron chi connectivity index (χ4n) is 5.43. The number of hydrogen-bond acceptors (Lipinski definition) is 6. The lowest BCUT2D eigenvalue weighted by molar-refractivity contribution is 0.0631. The first-order chi connectivity index (χ1) is 18.9. The molecule has 39 heavy (non-hydrogen) atoms. The van der Waals surface area contributed by atoms with E-state index in [0.717, 1.165) is 58.3 Å². The van der Waals surface area contributed by atoms with Crippen LogP contribution in [0.25, 0.3) is 27.7 Å². The van der Waals surface area contributed by atoms with Crippen molar-refractivity contribution >= 4 is 34.3 Å². The van der Waals surface area contributed by atoms with Crippen molar-refractivity contribution in [3.05, 3.63) is 65.7 Å². The molecule has 3 aromatic rings. The number of rotatable bonds is 7. The Morgan fingerprint density at radius 3 is 2.79 bits per heavy atom. The van der Waals surface area contributed by atoms with Crippen LogP contribution in [0.2, 0.25) is 0 Å². The van der Waals surface area contributed by atoms with Gasteiger partial charge in [0.05, 0.1) is 38.1 Å². The highest BCUT2D eigenvalue weighted by Gasteiger charge is 2.31. The van der Waals surface area contributed by atoms with Gasteiger partial charge in [-0.05, 0) is 55.0 Å². The molecule has 0 spiro atoms. The van der Waals surface area contributed by atoms with E-state index in [4.69, 9.17) is 14.2 Å². The number of nitrogens with one attached hydrogen (secondary N) is 2. The topological polar surface area (TPSA) is 106 Å². The first-order valence-corrected chi connectivity index (χ1v) is 13.2. The number of aromatic nitrogens is 2. The number of fused-ring (bicyclic) bond motifs is 1. The third-order valence-corrected chi connectivity index (χ3v) is 7.44. The lowest BCUT2D eigenvalue weighted by atomic mass is 9.91. The summed E-state index contributed by atoms with van der Waals surface area (Å²) in [5.41, 5.74) is 5.26. The standard InChI is InChI=1S/C30H34N4O5/c1-18-7-10-27(38-3)22(12-18)25-16-32-28-23(25)14-20(15-31-28)19-8-9-26(33-30(36)39-4)24(13-19)29(35)34-11-5-6-21(34)17-37-2/h8-10,12-16,18,21H,5-7,11,17H2,1-4H3,(H,31,32)(H,33,36)/t18?,21-/m1/s1. The van der Waals surface area contributed by atoms with E-state index in [0.29, 0.717) is 30.3 Å². The zero-order chi connectivity index (χ0) is 27.5. The van der Waals surface area contributed by atoms with Crippen molar-refractivity contribution in [3.63, 3.8) is 0 Å². The predicted molar refractivity (Wildman–Crippen MR) is 150 cm³/mol. The van der Waals surface area contributed by atoms with Crippen LogP contribution in [-0.2, 0) is 14.2 Å². The van der Waals surface area contributed by atoms with Crippen LogP contribution < -0.4 is 5.32 Å². The fraction of sp³-hybridized carbons (Fsp3) is 0.367. The smallest absolute Gasteiger partial charge is 0.411 e. The molecule has 2 aromatic heterocycles. The van der Waals surface area contributed by atoms with Crippen LogP contribution in [0.4, 0.5) is 10.5 Å². The number of hydrogen-bond donors (Lipinski definition) is 2. The van der Waals surface area contributed by atoms with E-state index >= 15 is 0 Å². The van der Waals surface area contributed by atoms with Crippen LogP contribution in [-0.4, -0.2) is 67.4 Å². The van der Waals surface area contributed by atoms with Gasteiger partial charge in [0.1, 0.15) is 11.4 Å². The van der Waals surface area contributed by atoms with E-state index in [-0.39, 0.29) is 11.9 Å². The van der Waals surface area contributed by atoms with Gasteiger partial charge in [-0.15, -0.1) is 0 Å². The average molecular weight is 531 g/mol. The average Bonchev–Trinajstić information content (AvgIpc) is 3.59. The number of benzene rings is 1. The third-order valence-electron chi connectivity index (χ3n) is 7.44. The molecule has 2 aliphatic rings. The Bertz CT molecular complexity index is 1460. The van der Waals surface area contributed by atoms with Gasteiger partial charge in [-0.1, -0.05) is 19.1 Å². The van der Waals surface area contributed by atoms with Gasteiger partial charge in [0.25, 0.3) is 5.91 Å². The second-order valence-electron chi connectivity index (χ2n) is 10.0. The first-order valence-electron chi connectivity index (χ1n) is 13.2. The Balaban J connectivity index is 1.56. The van der Waals surface area contributed by atoms with Crippen LogP contribution in [0.1, 0.15) is 42.1 Å². The SMILES string of the molecule is COC[C@H]1CCCN1C(=O)c1cc(-c2cnc3[nH]cc(C4=CC(C)CC=C4OC)c3c2)ccc1NC(=O)OC. The number of amides is 2. The highest BCUT2D eigenvalue weighted by molar-refractivity contribution is 6.04. The van der Waals surface area contributed by atoms with Crippen molar-refractivity contribution in [1.82, 2.24) is 14.9 Å². The van der Waals surface area contributed by atoms with Gasteiger partial charge in [-0.2, -0.15) is 0 Å². The second kappa shape index (κ2) is 11.3. The van der Waals surface area contributed by atoms with E-state index < -0.39 is 6.09 Å². The molecule has 1 saturated heterocycles. The fourth-order valence-corrected chi connectivity index (χ4v) is 5.43. The zero-order valence-corrected chi connectivity index (χ0v) is 22.7. The molecular weight excluding hydrogens is 496 g/mol. The molecule has 5 rings (SSSR count). The number of carbonyl (C=O) groups is 2. The normalized spacial score (nSPS) is 19.0. The zero-order valence-electron chi connectivity index (χ0n) is 22.7. The van der Waals surface area contributed by atoms with Gasteiger partial charge < -0.3 is 24.1 Å². The molecule has 204 valence electrons. The van der Waals surface area contributed by atoms with Gasteiger partial charge in [0, 0.05) is 48.1 Å². The number of pyridine rings is 1. The van der Waals surface area contributed by atoms with Gasteiger partial charge in [0.2, 0.25) is 0 Å². The van der Waals surface area contributed by atoms with Crippen LogP contribution in [0.5, 0.6) is 0 Å². The minimum Gasteiger partial charge on any atom is -0.496 e. The van der Waals surface area contributed by atoms with Crippen molar-refractivity contribution in [3.8, 4) is 11.1 Å². The second-order valence-corrected chi connectivity index (χ2v) is 10.0. The summed E-state index contributed by atoms with van der Waals surface area (Å²) in [4.78, 5) is 35.6. The molecule has 0 bridgehead atoms. The van der Waals surface area contributed by atoms with E-state index in [1.807, 2.05) is 23.2 Å². The van der Waals surface area contributed by atoms with Crippen LogP contribution >= 0.6 is 0 Å². The van der Waals surface area contributed by atoms with E-state index in [9.17, 15) is 9.59 Å². The van der Waals surface area contributed by atoms with Crippen molar-refractivity contribution in [2.45, 2.75) is 32.2 Å². The highest BCUT2D eigenvalue weighted by Crippen LogP contribution is 2.36. The molecule has 1 aliphatic carbocycles. The summed E-state index contributed by atoms with van der Waals surface area (Å²) < 4.78 is 15.8. The van der Waals surface area contributed by atoms with Crippen LogP contribution in [0.3, 0.4) is 0 Å². The van der Waals surface area contributed by atoms with Crippen molar-refractivity contribution in [2.75, 3.05) is 39.8 Å². The van der Waals surface area contributed by atoms with Crippen LogP contribution in [0.15, 0.2) is 54.6 Å². The van der Waals surface area contributed by atoms with Crippen LogP contribution in [0, 0.1) is 5.92 Å². The minimum absolute atomic E-state index is 0.00763. The molecule has 2 amide bonds. The van der Waals surface area contributed by atoms with Crippen molar-refractivity contribution in [2.24, 2.45) is 5.92 Å². The molecule has 1 fully saturated rings. The molecule has 1 aliphatic heterocycles. The van der Waals surface area contributed by atoms with Crippen molar-refractivity contribution < 1.29 is 23.8 Å². The summed E-state index contributed by atoms with van der Waals surface area (Å²) in [5.74, 6) is 1.09. The summed E-state index contributed by atoms with van der Waals surface area (Å²) in [6.45, 7) is 3.29. The molecular formula is C30H34N4O5. The number of aromatic amines is 1. The molecule has 1 aromatic carbocycles. The van der Waals surface area contributed by atoms with Gasteiger partial charge >= 0.3 is 6.09 Å². The summed E-state index contributed by atoms with van der Waals surface area (Å²) in [7, 11) is 4.62. The molecule has 9 nitrogen and oxygen atoms in total. The number of H-pyrrole nitrogens is 1. The van der Waals surface area contributed by atoms with Gasteiger partial charge in [-0.25, -0.2) is 9.78 Å². The molecule has 9 heteroatoms. The number of carbonyl (C=O) groups excluding carboxylic acids is 2. The lowest BCUT2D eigenvalue weighted by Gasteiger charge is -2.25. The Morgan fingerprint density at radius 1 is 1.18 bits per heavy atom. The van der Waals surface area contributed by atoms with Gasteiger partial charge in [0.15, 0.2) is 0 Å². The van der Waals surface area contributed by atoms with Gasteiger partial charge in [-0.3, -0.25) is 10.1 Å². The third kappa shape index (κ3) is 5.27. The first kappa shape index (κ1) is 26.5. The molecule has 0 radical (unpaired) electrons. The van der Waals surface area contributed by atoms with E-state index in [1.54, 1.807) is 26.5 Å². The molecule has 1 unspecified atom stereocenters. The molecule has 3 heterocycles. The number of allylic oxidation sites excluding steroid dienone is 3. The maximum atomic E-state index is 13.8. The Kier molecular flexibility index (Phi) is 7.70.